The Balaban J connectivity index is -0.000000107. The fourth-order valence-electron chi connectivity index (χ4n) is 1.67. The Morgan fingerprint density at radius 1 is 0.773 bits per heavy atom. The molecule has 0 radical (unpaired) electrons. The number of hydrogen-bond donors (Lipinski definition) is 0. The van der Waals surface area contributed by atoms with E-state index in [2.05, 4.69) is 97.2 Å². The normalized spacial score (nSPS) is 9.82. The molecule has 0 amide bonds. The van der Waals surface area contributed by atoms with Crippen molar-refractivity contribution in [2.45, 2.75) is 55.4 Å². The Morgan fingerprint density at radius 2 is 1.05 bits per heavy atom. The monoisotopic (exact) mass is 663 g/mol. The molecule has 0 spiro atoms. The Morgan fingerprint density at radius 3 is 1.05 bits per heavy atom. The summed E-state index contributed by atoms with van der Waals surface area (Å²) in [6.07, 6.45) is 15.3. The average Bonchev–Trinajstić information content (AvgIpc) is 2.59. The first-order valence-corrected chi connectivity index (χ1v) is 21.3. The van der Waals surface area contributed by atoms with Crippen LogP contribution in [0.5, 0.6) is 0 Å². The van der Waals surface area contributed by atoms with Crippen molar-refractivity contribution >= 4 is 49.0 Å². The maximum atomic E-state index is 4.24. The minimum atomic E-state index is -0.662. The molecule has 5 heteroatoms. The zero-order valence-electron chi connectivity index (χ0n) is 16.5. The van der Waals surface area contributed by atoms with E-state index < -0.39 is 6.89 Å². The molecule has 0 aliphatic heterocycles. The van der Waals surface area contributed by atoms with Crippen LogP contribution in [0.3, 0.4) is 0 Å². The van der Waals surface area contributed by atoms with Crippen molar-refractivity contribution in [3.05, 3.63) is 0 Å². The van der Waals surface area contributed by atoms with Crippen LogP contribution in [0.2, 0.25) is 0 Å². The van der Waals surface area contributed by atoms with E-state index >= 15 is 0 Å². The van der Waals surface area contributed by atoms with Crippen LogP contribution < -0.4 is 0 Å². The molecule has 0 aromatic heterocycles. The zero-order valence-corrected chi connectivity index (χ0v) is 23.8. The van der Waals surface area contributed by atoms with Gasteiger partial charge in [-0.25, -0.2) is 0 Å². The van der Waals surface area contributed by atoms with Gasteiger partial charge in [0, 0.05) is 0 Å². The molecule has 0 atom stereocenters. The topological polar surface area (TPSA) is 0 Å². The second-order valence-electron chi connectivity index (χ2n) is 5.06. The molecule has 0 saturated heterocycles. The summed E-state index contributed by atoms with van der Waals surface area (Å²) in [5, 5.41) is 0. The third kappa shape index (κ3) is 27.4. The van der Waals surface area contributed by atoms with Gasteiger partial charge < -0.3 is 0 Å². The fourth-order valence-corrected chi connectivity index (χ4v) is 5.01. The summed E-state index contributed by atoms with van der Waals surface area (Å²) < 4.78 is 0. The van der Waals surface area contributed by atoms with Crippen molar-refractivity contribution in [2.24, 2.45) is 0 Å². The molecule has 142 valence electrons. The van der Waals surface area contributed by atoms with E-state index in [1.807, 2.05) is 0 Å². The Kier molecular flexibility index (Phi) is 41.6. The van der Waals surface area contributed by atoms with Gasteiger partial charge in [-0.05, 0) is 59.5 Å². The average molecular weight is 663 g/mol. The third-order valence-electron chi connectivity index (χ3n) is 4.01. The predicted molar refractivity (Wildman–Crippen MR) is 129 cm³/mol. The van der Waals surface area contributed by atoms with Gasteiger partial charge in [-0.15, -0.1) is 21.8 Å². The molecule has 0 unspecified atom stereocenters. The number of hydrogen-bond acceptors (Lipinski definition) is 0. The second kappa shape index (κ2) is 28.4. The van der Waals surface area contributed by atoms with E-state index in [9.17, 15) is 0 Å². The molecule has 0 N–H and O–H groups in total. The van der Waals surface area contributed by atoms with Gasteiger partial charge in [0.1, 0.15) is 0 Å². The van der Waals surface area contributed by atoms with E-state index in [0.717, 1.165) is 0 Å². The quantitative estimate of drug-likeness (QED) is 0.188. The van der Waals surface area contributed by atoms with Crippen molar-refractivity contribution in [2.75, 3.05) is 49.3 Å². The van der Waals surface area contributed by atoms with Crippen LogP contribution in [0.15, 0.2) is 0 Å². The van der Waals surface area contributed by atoms with Crippen molar-refractivity contribution in [1.82, 2.24) is 0 Å². The van der Waals surface area contributed by atoms with Crippen molar-refractivity contribution in [1.29, 1.82) is 0 Å². The SMILES string of the molecule is C=P(CC)(CC)CC.CCPCC.CC[PH+](CC)CC.[I][Pt+]. The Bertz CT molecular complexity index is 184. The fraction of sp³-hybridized carbons (Fsp3) is 0.941. The van der Waals surface area contributed by atoms with E-state index in [0.29, 0.717) is 0 Å². The molecule has 0 saturated carbocycles. The van der Waals surface area contributed by atoms with E-state index in [1.54, 1.807) is 0 Å². The van der Waals surface area contributed by atoms with Gasteiger partial charge in [0.15, 0.2) is 0 Å². The summed E-state index contributed by atoms with van der Waals surface area (Å²) in [6.45, 7) is 17.5. The Labute approximate surface area is 168 Å². The molecular weight excluding hydrogens is 619 g/mol. The summed E-state index contributed by atoms with van der Waals surface area (Å²) >= 11 is 4.23. The molecule has 0 aromatic rings. The summed E-state index contributed by atoms with van der Waals surface area (Å²) in [6, 6.07) is 0. The van der Waals surface area contributed by atoms with Crippen LogP contribution in [-0.4, -0.2) is 55.6 Å². The van der Waals surface area contributed by atoms with Gasteiger partial charge in [-0.2, -0.15) is 0 Å². The van der Waals surface area contributed by atoms with Crippen LogP contribution in [0, 0.1) is 0 Å². The first-order chi connectivity index (χ1) is 10.4. The van der Waals surface area contributed by atoms with Gasteiger partial charge in [-0.3, -0.25) is 0 Å². The standard InChI is InChI=1S/C7H17P.C6H15P.C4H11P.HI.Pt/c1-5-8(4,6-2)7-3;1-4-7(5-2)6-3;1-3-5-4-2;;/h4-7H2,1-3H3;4-6H2,1-3H3;5H,3-4H2,1-2H3;1H;/q;;;;+2. The summed E-state index contributed by atoms with van der Waals surface area (Å²) in [5.41, 5.74) is 0. The molecular formula is C17H44IP3Pt+2. The van der Waals surface area contributed by atoms with Crippen molar-refractivity contribution in [3.8, 4) is 0 Å². The molecule has 0 heterocycles. The molecule has 0 nitrogen and oxygen atoms in total. The van der Waals surface area contributed by atoms with Crippen LogP contribution in [-0.2, 0) is 16.1 Å². The maximum absolute atomic E-state index is 4.24. The van der Waals surface area contributed by atoms with Gasteiger partial charge in [0.25, 0.3) is 0 Å². The first kappa shape index (κ1) is 32.3. The van der Waals surface area contributed by atoms with Gasteiger partial charge in [0.05, 0.1) is 18.5 Å². The van der Waals surface area contributed by atoms with Crippen LogP contribution in [0.1, 0.15) is 55.4 Å². The zero-order chi connectivity index (χ0) is 18.4. The molecule has 0 bridgehead atoms. The minimum absolute atomic E-state index is 0.137. The predicted octanol–water partition coefficient (Wildman–Crippen LogP) is 7.34. The molecule has 0 fully saturated rings. The summed E-state index contributed by atoms with van der Waals surface area (Å²) in [4.78, 5) is 0. The van der Waals surface area contributed by atoms with E-state index in [-0.39, 0.29) is 7.92 Å². The molecule has 0 aliphatic rings. The van der Waals surface area contributed by atoms with Gasteiger partial charge in [-0.1, -0.05) is 34.6 Å². The molecule has 0 aromatic carbocycles. The van der Waals surface area contributed by atoms with Crippen molar-refractivity contribution in [3.63, 3.8) is 0 Å². The molecule has 0 rings (SSSR count). The second-order valence-corrected chi connectivity index (χ2v) is 15.2. The Hall–Kier alpha value is 2.58. The van der Waals surface area contributed by atoms with E-state index in [4.69, 9.17) is 0 Å². The summed E-state index contributed by atoms with van der Waals surface area (Å²) in [7, 11) is 1.33. The van der Waals surface area contributed by atoms with Crippen LogP contribution in [0.4, 0.5) is 0 Å². The van der Waals surface area contributed by atoms with Gasteiger partial charge in [0.2, 0.25) is 0 Å². The van der Waals surface area contributed by atoms with Crippen molar-refractivity contribution < 1.29 is 16.1 Å². The van der Waals surface area contributed by atoms with Crippen LogP contribution in [0.25, 0.3) is 0 Å². The molecule has 22 heavy (non-hydrogen) atoms. The number of rotatable bonds is 8. The van der Waals surface area contributed by atoms with Crippen LogP contribution >= 0.6 is 42.7 Å². The number of halogens is 1. The van der Waals surface area contributed by atoms with E-state index in [1.165, 1.54) is 57.9 Å². The van der Waals surface area contributed by atoms with Gasteiger partial charge >= 0.3 is 35.5 Å². The summed E-state index contributed by atoms with van der Waals surface area (Å²) in [5.74, 6) is 0. The third-order valence-corrected chi connectivity index (χ3v) is 12.0. The molecule has 0 aliphatic carbocycles. The first-order valence-electron chi connectivity index (χ1n) is 8.81.